The second-order valence-corrected chi connectivity index (χ2v) is 2.75. The molecule has 0 amide bonds. The number of benzene rings is 1. The molecule has 0 spiro atoms. The Kier molecular flexibility index (Phi) is 3.19. The zero-order valence-corrected chi connectivity index (χ0v) is 7.25. The molecule has 0 heterocycles. The van der Waals surface area contributed by atoms with Gasteiger partial charge in [0.1, 0.15) is 0 Å². The lowest BCUT2D eigenvalue weighted by Crippen LogP contribution is -2.41. The summed E-state index contributed by atoms with van der Waals surface area (Å²) in [7, 11) is 0. The highest BCUT2D eigenvalue weighted by atomic mass is 17.1. The molecule has 0 saturated carbocycles. The number of hydrogen-bond acceptors (Lipinski definition) is 4. The first kappa shape index (κ1) is 10.6. The Morgan fingerprint density at radius 1 is 1.36 bits per heavy atom. The van der Waals surface area contributed by atoms with E-state index in [4.69, 9.17) is 15.5 Å². The van der Waals surface area contributed by atoms with E-state index in [0.717, 1.165) is 0 Å². The number of rotatable bonds is 4. The molecule has 0 aliphatic rings. The van der Waals surface area contributed by atoms with Gasteiger partial charge in [0, 0.05) is 5.56 Å². The number of aliphatic carboxylic acids is 1. The van der Waals surface area contributed by atoms with E-state index in [0.29, 0.717) is 0 Å². The fourth-order valence-electron chi connectivity index (χ4n) is 1.11. The molecule has 5 heteroatoms. The SMILES string of the molecule is O=C(O)C(CO)(OO)c1ccccc1. The minimum atomic E-state index is -2.10. The van der Waals surface area contributed by atoms with Gasteiger partial charge in [0.15, 0.2) is 0 Å². The average Bonchev–Trinajstić information content (AvgIpc) is 2.22. The Morgan fingerprint density at radius 3 is 2.29 bits per heavy atom. The van der Waals surface area contributed by atoms with Crippen molar-refractivity contribution in [3.63, 3.8) is 0 Å². The quantitative estimate of drug-likeness (QED) is 0.483. The van der Waals surface area contributed by atoms with Crippen molar-refractivity contribution in [3.8, 4) is 0 Å². The van der Waals surface area contributed by atoms with E-state index in [1.54, 1.807) is 18.2 Å². The molecule has 1 unspecified atom stereocenters. The fraction of sp³-hybridized carbons (Fsp3) is 0.222. The summed E-state index contributed by atoms with van der Waals surface area (Å²) in [6, 6.07) is 7.75. The van der Waals surface area contributed by atoms with Crippen molar-refractivity contribution in [2.75, 3.05) is 6.61 Å². The third kappa shape index (κ3) is 1.60. The summed E-state index contributed by atoms with van der Waals surface area (Å²) in [6.45, 7) is -0.844. The van der Waals surface area contributed by atoms with Crippen molar-refractivity contribution in [1.82, 2.24) is 0 Å². The number of carbonyl (C=O) groups is 1. The highest BCUT2D eigenvalue weighted by Crippen LogP contribution is 2.24. The smallest absolute Gasteiger partial charge is 0.346 e. The van der Waals surface area contributed by atoms with Crippen LogP contribution in [0.15, 0.2) is 30.3 Å². The van der Waals surface area contributed by atoms with Crippen molar-refractivity contribution in [3.05, 3.63) is 35.9 Å². The zero-order chi connectivity index (χ0) is 10.6. The monoisotopic (exact) mass is 198 g/mol. The van der Waals surface area contributed by atoms with Crippen LogP contribution in [0.25, 0.3) is 0 Å². The van der Waals surface area contributed by atoms with Gasteiger partial charge in [0.2, 0.25) is 5.60 Å². The molecule has 0 aliphatic carbocycles. The van der Waals surface area contributed by atoms with Gasteiger partial charge in [-0.15, -0.1) is 0 Å². The molecule has 0 saturated heterocycles. The Bertz CT molecular complexity index is 304. The highest BCUT2D eigenvalue weighted by Gasteiger charge is 2.42. The number of hydrogen-bond donors (Lipinski definition) is 3. The standard InChI is InChI=1S/C9H10O5/c10-6-9(14-13,8(11)12)7-4-2-1-3-5-7/h1-5,10,13H,6H2,(H,11,12). The molecular formula is C9H10O5. The van der Waals surface area contributed by atoms with Gasteiger partial charge in [0.25, 0.3) is 0 Å². The molecule has 0 bridgehead atoms. The molecule has 3 N–H and O–H groups in total. The van der Waals surface area contributed by atoms with Crippen LogP contribution in [0.5, 0.6) is 0 Å². The molecular weight excluding hydrogens is 188 g/mol. The first-order valence-electron chi connectivity index (χ1n) is 3.89. The summed E-state index contributed by atoms with van der Waals surface area (Å²) >= 11 is 0. The van der Waals surface area contributed by atoms with Gasteiger partial charge >= 0.3 is 5.97 Å². The summed E-state index contributed by atoms with van der Waals surface area (Å²) in [4.78, 5) is 14.7. The lowest BCUT2D eigenvalue weighted by Gasteiger charge is -2.23. The molecule has 0 radical (unpaired) electrons. The van der Waals surface area contributed by atoms with Crippen molar-refractivity contribution in [2.45, 2.75) is 5.60 Å². The predicted molar refractivity (Wildman–Crippen MR) is 46.6 cm³/mol. The second kappa shape index (κ2) is 4.19. The van der Waals surface area contributed by atoms with Crippen LogP contribution >= 0.6 is 0 Å². The van der Waals surface area contributed by atoms with Gasteiger partial charge < -0.3 is 10.2 Å². The van der Waals surface area contributed by atoms with Gasteiger partial charge in [-0.1, -0.05) is 30.3 Å². The maximum atomic E-state index is 10.8. The van der Waals surface area contributed by atoms with Crippen molar-refractivity contribution in [1.29, 1.82) is 0 Å². The Labute approximate surface area is 80.1 Å². The largest absolute Gasteiger partial charge is 0.479 e. The first-order chi connectivity index (χ1) is 6.67. The number of aliphatic hydroxyl groups is 1. The van der Waals surface area contributed by atoms with Gasteiger partial charge in [-0.3, -0.25) is 5.26 Å². The molecule has 14 heavy (non-hydrogen) atoms. The van der Waals surface area contributed by atoms with E-state index >= 15 is 0 Å². The summed E-state index contributed by atoms with van der Waals surface area (Å²) < 4.78 is 0. The second-order valence-electron chi connectivity index (χ2n) is 2.75. The van der Waals surface area contributed by atoms with Crippen LogP contribution in [-0.2, 0) is 15.3 Å². The summed E-state index contributed by atoms with van der Waals surface area (Å²) in [5.41, 5.74) is -1.92. The van der Waals surface area contributed by atoms with Gasteiger partial charge in [-0.25, -0.2) is 9.68 Å². The summed E-state index contributed by atoms with van der Waals surface area (Å²) in [6.07, 6.45) is 0. The van der Waals surface area contributed by atoms with Crippen LogP contribution in [0, 0.1) is 0 Å². The predicted octanol–water partition coefficient (Wildman–Crippen LogP) is 0.448. The fourth-order valence-corrected chi connectivity index (χ4v) is 1.11. The van der Waals surface area contributed by atoms with Gasteiger partial charge in [0.05, 0.1) is 6.61 Å². The lowest BCUT2D eigenvalue weighted by atomic mass is 9.95. The van der Waals surface area contributed by atoms with E-state index in [2.05, 4.69) is 4.89 Å². The summed E-state index contributed by atoms with van der Waals surface area (Å²) in [5.74, 6) is -1.45. The van der Waals surface area contributed by atoms with Crippen LogP contribution in [0.4, 0.5) is 0 Å². The van der Waals surface area contributed by atoms with Crippen LogP contribution in [0.3, 0.4) is 0 Å². The summed E-state index contributed by atoms with van der Waals surface area (Å²) in [5, 5.41) is 26.3. The Balaban J connectivity index is 3.18. The molecule has 1 aromatic rings. The molecule has 0 aromatic heterocycles. The number of carboxylic acids is 1. The van der Waals surface area contributed by atoms with Crippen molar-refractivity contribution in [2.24, 2.45) is 0 Å². The molecule has 1 atom stereocenters. The Morgan fingerprint density at radius 2 is 1.93 bits per heavy atom. The van der Waals surface area contributed by atoms with E-state index in [9.17, 15) is 4.79 Å². The van der Waals surface area contributed by atoms with Gasteiger partial charge in [-0.05, 0) is 0 Å². The van der Waals surface area contributed by atoms with E-state index in [-0.39, 0.29) is 5.56 Å². The zero-order valence-electron chi connectivity index (χ0n) is 7.25. The van der Waals surface area contributed by atoms with Crippen molar-refractivity contribution >= 4 is 5.97 Å². The first-order valence-corrected chi connectivity index (χ1v) is 3.89. The van der Waals surface area contributed by atoms with Gasteiger partial charge in [-0.2, -0.15) is 0 Å². The minimum Gasteiger partial charge on any atom is -0.479 e. The molecule has 0 fully saturated rings. The molecule has 76 valence electrons. The topological polar surface area (TPSA) is 87.0 Å². The normalized spacial score (nSPS) is 14.7. The maximum Gasteiger partial charge on any atom is 0.346 e. The number of aliphatic hydroxyl groups excluding tert-OH is 1. The Hall–Kier alpha value is -1.43. The van der Waals surface area contributed by atoms with Crippen LogP contribution in [0.2, 0.25) is 0 Å². The van der Waals surface area contributed by atoms with Crippen LogP contribution < -0.4 is 0 Å². The minimum absolute atomic E-state index is 0.178. The maximum absolute atomic E-state index is 10.8. The third-order valence-corrected chi connectivity index (χ3v) is 1.96. The van der Waals surface area contributed by atoms with Crippen LogP contribution in [-0.4, -0.2) is 28.0 Å². The third-order valence-electron chi connectivity index (χ3n) is 1.96. The average molecular weight is 198 g/mol. The molecule has 5 nitrogen and oxygen atoms in total. The van der Waals surface area contributed by atoms with Crippen molar-refractivity contribution < 1.29 is 25.2 Å². The molecule has 0 aliphatic heterocycles. The number of carboxylic acid groups (broad SMARTS) is 1. The van der Waals surface area contributed by atoms with E-state index in [1.807, 2.05) is 0 Å². The van der Waals surface area contributed by atoms with E-state index < -0.39 is 18.2 Å². The lowest BCUT2D eigenvalue weighted by molar-refractivity contribution is -0.329. The van der Waals surface area contributed by atoms with Crippen LogP contribution in [0.1, 0.15) is 5.56 Å². The van der Waals surface area contributed by atoms with E-state index in [1.165, 1.54) is 12.1 Å². The molecule has 1 aromatic carbocycles. The highest BCUT2D eigenvalue weighted by molar-refractivity contribution is 5.79. The molecule has 1 rings (SSSR count).